The number of anilines is 2. The molecule has 1 saturated carbocycles. The summed E-state index contributed by atoms with van der Waals surface area (Å²) < 4.78 is 5.60. The Kier molecular flexibility index (Phi) is 9.17. The lowest BCUT2D eigenvalue weighted by Gasteiger charge is -2.41. The SMILES string of the molecule is CCCN1CCN(c2cc(N3CCOCC3)ccc2C2CCC(C(C)(C)C)CC2)CC1.Cl. The van der Waals surface area contributed by atoms with Gasteiger partial charge in [0, 0.05) is 50.6 Å². The Morgan fingerprint density at radius 2 is 1.53 bits per heavy atom. The first-order chi connectivity index (χ1) is 15.0. The lowest BCUT2D eigenvalue weighted by Crippen LogP contribution is -2.47. The summed E-state index contributed by atoms with van der Waals surface area (Å²) in [6.45, 7) is 19.3. The van der Waals surface area contributed by atoms with Crippen LogP contribution in [-0.4, -0.2) is 63.9 Å². The number of rotatable bonds is 5. The van der Waals surface area contributed by atoms with Crippen molar-refractivity contribution in [1.82, 2.24) is 4.90 Å². The Morgan fingerprint density at radius 1 is 0.875 bits per heavy atom. The highest BCUT2D eigenvalue weighted by atomic mass is 35.5. The van der Waals surface area contributed by atoms with Gasteiger partial charge < -0.3 is 14.5 Å². The highest BCUT2D eigenvalue weighted by Crippen LogP contribution is 2.46. The minimum Gasteiger partial charge on any atom is -0.378 e. The van der Waals surface area contributed by atoms with Gasteiger partial charge in [0.05, 0.1) is 13.2 Å². The lowest BCUT2D eigenvalue weighted by molar-refractivity contribution is 0.122. The van der Waals surface area contributed by atoms with E-state index in [0.29, 0.717) is 5.41 Å². The molecule has 4 nitrogen and oxygen atoms in total. The molecule has 4 rings (SSSR count). The highest BCUT2D eigenvalue weighted by molar-refractivity contribution is 5.85. The van der Waals surface area contributed by atoms with Crippen LogP contribution < -0.4 is 9.80 Å². The maximum atomic E-state index is 5.60. The summed E-state index contributed by atoms with van der Waals surface area (Å²) in [7, 11) is 0. The van der Waals surface area contributed by atoms with Crippen molar-refractivity contribution >= 4 is 23.8 Å². The topological polar surface area (TPSA) is 19.0 Å². The van der Waals surface area contributed by atoms with Crippen LogP contribution in [0.5, 0.6) is 0 Å². The van der Waals surface area contributed by atoms with Crippen LogP contribution in [-0.2, 0) is 4.74 Å². The third kappa shape index (κ3) is 6.12. The van der Waals surface area contributed by atoms with E-state index in [1.54, 1.807) is 5.56 Å². The van der Waals surface area contributed by atoms with Crippen molar-refractivity contribution in [2.75, 3.05) is 68.8 Å². The molecule has 1 aromatic rings. The van der Waals surface area contributed by atoms with Gasteiger partial charge >= 0.3 is 0 Å². The number of morpholine rings is 1. The number of piperazine rings is 1. The van der Waals surface area contributed by atoms with Crippen LogP contribution in [0, 0.1) is 11.3 Å². The minimum atomic E-state index is 0. The standard InChI is InChI=1S/C27H45N3O.ClH/c1-5-12-28-13-15-30(16-14-28)26-21-24(29-17-19-31-20-18-29)10-11-25(26)22-6-8-23(9-7-22)27(2,3)4;/h10-11,21-23H,5-9,12-20H2,1-4H3;1H. The molecular weight excluding hydrogens is 418 g/mol. The van der Waals surface area contributed by atoms with Gasteiger partial charge in [-0.05, 0) is 73.6 Å². The van der Waals surface area contributed by atoms with Gasteiger partial charge in [-0.15, -0.1) is 12.4 Å². The second-order valence-electron chi connectivity index (χ2n) is 11.1. The van der Waals surface area contributed by atoms with E-state index in [-0.39, 0.29) is 12.4 Å². The number of hydrogen-bond acceptors (Lipinski definition) is 4. The number of halogens is 1. The Labute approximate surface area is 203 Å². The van der Waals surface area contributed by atoms with Crippen LogP contribution in [0.2, 0.25) is 0 Å². The van der Waals surface area contributed by atoms with Crippen LogP contribution in [0.3, 0.4) is 0 Å². The summed E-state index contributed by atoms with van der Waals surface area (Å²) in [4.78, 5) is 7.85. The molecule has 0 amide bonds. The number of nitrogens with zero attached hydrogens (tertiary/aromatic N) is 3. The first kappa shape index (κ1) is 25.6. The third-order valence-corrected chi connectivity index (χ3v) is 8.03. The van der Waals surface area contributed by atoms with Crippen LogP contribution in [0.25, 0.3) is 0 Å². The molecule has 2 aliphatic heterocycles. The fourth-order valence-electron chi connectivity index (χ4n) is 5.97. The quantitative estimate of drug-likeness (QED) is 0.549. The van der Waals surface area contributed by atoms with Gasteiger partial charge in [0.25, 0.3) is 0 Å². The van der Waals surface area contributed by atoms with Crippen LogP contribution in [0.1, 0.15) is 71.3 Å². The fraction of sp³-hybridized carbons (Fsp3) is 0.778. The maximum absolute atomic E-state index is 5.60. The molecule has 5 heteroatoms. The van der Waals surface area contributed by atoms with Crippen LogP contribution in [0.15, 0.2) is 18.2 Å². The first-order valence-electron chi connectivity index (χ1n) is 12.9. The van der Waals surface area contributed by atoms with E-state index in [9.17, 15) is 0 Å². The molecule has 0 atom stereocenters. The number of hydrogen-bond donors (Lipinski definition) is 0. The van der Waals surface area contributed by atoms with E-state index in [4.69, 9.17) is 4.74 Å². The molecule has 0 N–H and O–H groups in total. The summed E-state index contributed by atoms with van der Waals surface area (Å²) in [5.74, 6) is 1.60. The van der Waals surface area contributed by atoms with Crippen molar-refractivity contribution in [3.8, 4) is 0 Å². The van der Waals surface area contributed by atoms with Gasteiger partial charge in [0.15, 0.2) is 0 Å². The van der Waals surface area contributed by atoms with Gasteiger partial charge in [0.2, 0.25) is 0 Å². The van der Waals surface area contributed by atoms with Crippen molar-refractivity contribution in [3.05, 3.63) is 23.8 Å². The van der Waals surface area contributed by atoms with Gasteiger partial charge in [-0.1, -0.05) is 33.8 Å². The van der Waals surface area contributed by atoms with Gasteiger partial charge in [-0.2, -0.15) is 0 Å². The molecule has 2 heterocycles. The second-order valence-corrected chi connectivity index (χ2v) is 11.1. The Morgan fingerprint density at radius 3 is 2.12 bits per heavy atom. The summed E-state index contributed by atoms with van der Waals surface area (Å²) in [6, 6.07) is 7.40. The van der Waals surface area contributed by atoms with Crippen molar-refractivity contribution < 1.29 is 4.74 Å². The van der Waals surface area contributed by atoms with E-state index in [0.717, 1.165) is 51.2 Å². The molecule has 0 radical (unpaired) electrons. The first-order valence-corrected chi connectivity index (χ1v) is 12.9. The Hall–Kier alpha value is -0.970. The average Bonchev–Trinajstić information content (AvgIpc) is 2.80. The third-order valence-electron chi connectivity index (χ3n) is 8.03. The molecule has 0 aromatic heterocycles. The van der Waals surface area contributed by atoms with E-state index in [1.807, 2.05) is 0 Å². The maximum Gasteiger partial charge on any atom is 0.0642 e. The van der Waals surface area contributed by atoms with Gasteiger partial charge in [-0.25, -0.2) is 0 Å². The molecule has 0 bridgehead atoms. The van der Waals surface area contributed by atoms with Crippen LogP contribution in [0.4, 0.5) is 11.4 Å². The Balaban J connectivity index is 0.00000289. The number of ether oxygens (including phenoxy) is 1. The molecule has 2 saturated heterocycles. The molecule has 1 aromatic carbocycles. The van der Waals surface area contributed by atoms with Crippen molar-refractivity contribution in [2.45, 2.75) is 65.7 Å². The zero-order valence-corrected chi connectivity index (χ0v) is 21.8. The predicted molar refractivity (Wildman–Crippen MR) is 140 cm³/mol. The fourth-order valence-corrected chi connectivity index (χ4v) is 5.97. The number of benzene rings is 1. The van der Waals surface area contributed by atoms with Crippen molar-refractivity contribution in [1.29, 1.82) is 0 Å². The monoisotopic (exact) mass is 463 g/mol. The zero-order chi connectivity index (χ0) is 21.8. The van der Waals surface area contributed by atoms with Gasteiger partial charge in [-0.3, -0.25) is 4.90 Å². The van der Waals surface area contributed by atoms with E-state index in [1.165, 1.54) is 63.1 Å². The largest absolute Gasteiger partial charge is 0.378 e. The average molecular weight is 464 g/mol. The van der Waals surface area contributed by atoms with Crippen LogP contribution >= 0.6 is 12.4 Å². The molecule has 0 unspecified atom stereocenters. The molecule has 3 fully saturated rings. The van der Waals surface area contributed by atoms with E-state index >= 15 is 0 Å². The van der Waals surface area contributed by atoms with E-state index in [2.05, 4.69) is 60.6 Å². The molecule has 3 aliphatic rings. The Bertz CT molecular complexity index is 697. The molecular formula is C27H46ClN3O. The van der Waals surface area contributed by atoms with Gasteiger partial charge in [0.1, 0.15) is 0 Å². The summed E-state index contributed by atoms with van der Waals surface area (Å²) in [5.41, 5.74) is 4.98. The van der Waals surface area contributed by atoms with Crippen molar-refractivity contribution in [2.24, 2.45) is 11.3 Å². The molecule has 1 aliphatic carbocycles. The van der Waals surface area contributed by atoms with Crippen molar-refractivity contribution in [3.63, 3.8) is 0 Å². The summed E-state index contributed by atoms with van der Waals surface area (Å²) in [6.07, 6.45) is 6.71. The lowest BCUT2D eigenvalue weighted by atomic mass is 9.68. The molecule has 32 heavy (non-hydrogen) atoms. The summed E-state index contributed by atoms with van der Waals surface area (Å²) in [5, 5.41) is 0. The second kappa shape index (κ2) is 11.4. The molecule has 0 spiro atoms. The zero-order valence-electron chi connectivity index (χ0n) is 20.9. The summed E-state index contributed by atoms with van der Waals surface area (Å²) >= 11 is 0. The smallest absolute Gasteiger partial charge is 0.0642 e. The van der Waals surface area contributed by atoms with E-state index < -0.39 is 0 Å². The molecule has 182 valence electrons. The normalized spacial score (nSPS) is 25.5. The minimum absolute atomic E-state index is 0. The predicted octanol–water partition coefficient (Wildman–Crippen LogP) is 5.80. The highest BCUT2D eigenvalue weighted by Gasteiger charge is 2.32.